The van der Waals surface area contributed by atoms with Gasteiger partial charge in [-0.3, -0.25) is 0 Å². The van der Waals surface area contributed by atoms with Crippen molar-refractivity contribution in [2.24, 2.45) is 0 Å². The summed E-state index contributed by atoms with van der Waals surface area (Å²) in [6, 6.07) is 0. The third-order valence-electron chi connectivity index (χ3n) is 0. The summed E-state index contributed by atoms with van der Waals surface area (Å²) in [6.45, 7) is 0. The van der Waals surface area contributed by atoms with Gasteiger partial charge in [0.15, 0.2) is 0 Å². The SMILES string of the molecule is O=[N+]([O-])O.O=[N+]([O-])O.[H-].[K+]. The minimum Gasteiger partial charge on any atom is -1.00 e. The molecule has 9 heteroatoms. The summed E-state index contributed by atoms with van der Waals surface area (Å²) in [7, 11) is 0. The van der Waals surface area contributed by atoms with Gasteiger partial charge in [-0.25, -0.2) is 0 Å². The Kier molecular flexibility index (Phi) is 19.4. The van der Waals surface area contributed by atoms with Gasteiger partial charge in [-0.2, -0.15) is 0 Å². The minimum absolute atomic E-state index is 0. The summed E-state index contributed by atoms with van der Waals surface area (Å²) in [5.41, 5.74) is 0. The average Bonchev–Trinajstić information content (AvgIpc) is 1.25. The number of nitrogens with zero attached hydrogens (tertiary/aromatic N) is 2. The molecular formula is H3KN2O6. The summed E-state index contributed by atoms with van der Waals surface area (Å²) in [5, 5.41) is 27.3. The summed E-state index contributed by atoms with van der Waals surface area (Å²) >= 11 is 0. The largest absolute Gasteiger partial charge is 1.00 e. The molecule has 8 nitrogen and oxygen atoms in total. The molecule has 0 aromatic rings. The Bertz CT molecular complexity index is 73.7. The van der Waals surface area contributed by atoms with Crippen LogP contribution in [0.25, 0.3) is 0 Å². The van der Waals surface area contributed by atoms with Crippen LogP contribution in [0.1, 0.15) is 1.43 Å². The van der Waals surface area contributed by atoms with Gasteiger partial charge in [-0.15, -0.1) is 20.2 Å². The maximum absolute atomic E-state index is 8.36. The van der Waals surface area contributed by atoms with Crippen LogP contribution in [0.4, 0.5) is 0 Å². The van der Waals surface area contributed by atoms with Gasteiger partial charge in [0.05, 0.1) is 0 Å². The first kappa shape index (κ1) is 16.0. The first-order valence-corrected chi connectivity index (χ1v) is 1.13. The second-order valence-electron chi connectivity index (χ2n) is 0.476. The molecule has 0 amide bonds. The molecule has 0 aromatic heterocycles. The summed E-state index contributed by atoms with van der Waals surface area (Å²) in [5.74, 6) is 0. The molecule has 0 saturated heterocycles. The minimum atomic E-state index is -1.50. The molecular weight excluding hydrogens is 163 g/mol. The molecule has 0 spiro atoms. The van der Waals surface area contributed by atoms with E-state index in [2.05, 4.69) is 0 Å². The number of hydrogen-bond donors (Lipinski definition) is 2. The van der Waals surface area contributed by atoms with Crippen molar-refractivity contribution in [3.05, 3.63) is 20.2 Å². The number of rotatable bonds is 0. The van der Waals surface area contributed by atoms with Gasteiger partial charge in [0.25, 0.3) is 10.2 Å². The van der Waals surface area contributed by atoms with Crippen LogP contribution < -0.4 is 51.4 Å². The Balaban J connectivity index is -0.0000000300. The molecule has 0 fully saturated rings. The fourth-order valence-corrected chi connectivity index (χ4v) is 0. The zero-order valence-electron chi connectivity index (χ0n) is 5.42. The van der Waals surface area contributed by atoms with Crippen molar-refractivity contribution in [3.8, 4) is 0 Å². The van der Waals surface area contributed by atoms with E-state index in [1.54, 1.807) is 0 Å². The topological polar surface area (TPSA) is 127 Å². The summed E-state index contributed by atoms with van der Waals surface area (Å²) in [6.07, 6.45) is 0. The molecule has 50 valence electrons. The molecule has 0 heterocycles. The van der Waals surface area contributed by atoms with Crippen LogP contribution in [-0.2, 0) is 0 Å². The van der Waals surface area contributed by atoms with E-state index in [1.807, 2.05) is 0 Å². The van der Waals surface area contributed by atoms with Gasteiger partial charge in [-0.05, 0) is 0 Å². The van der Waals surface area contributed by atoms with E-state index < -0.39 is 10.2 Å². The van der Waals surface area contributed by atoms with Crippen LogP contribution in [0.3, 0.4) is 0 Å². The maximum atomic E-state index is 8.36. The van der Waals surface area contributed by atoms with E-state index in [9.17, 15) is 0 Å². The van der Waals surface area contributed by atoms with Crippen molar-refractivity contribution in [3.63, 3.8) is 0 Å². The normalized spacial score (nSPS) is 5.33. The Morgan fingerprint density at radius 2 is 1.11 bits per heavy atom. The van der Waals surface area contributed by atoms with Crippen LogP contribution >= 0.6 is 0 Å². The molecule has 0 aliphatic heterocycles. The van der Waals surface area contributed by atoms with Crippen LogP contribution in [0.2, 0.25) is 0 Å². The standard InChI is InChI=1S/K.2HNO3.H/c;2*2-1(3)4;/h;2*(H,2,3,4);/q+1;;;-1. The fourth-order valence-electron chi connectivity index (χ4n) is 0. The van der Waals surface area contributed by atoms with Crippen molar-refractivity contribution in [2.75, 3.05) is 0 Å². The average molecular weight is 166 g/mol. The van der Waals surface area contributed by atoms with Gasteiger partial charge in [0.1, 0.15) is 0 Å². The van der Waals surface area contributed by atoms with Crippen molar-refractivity contribution in [1.29, 1.82) is 0 Å². The van der Waals surface area contributed by atoms with Crippen molar-refractivity contribution in [1.82, 2.24) is 0 Å². The monoisotopic (exact) mass is 166 g/mol. The zero-order chi connectivity index (χ0) is 7.15. The fraction of sp³-hybridized carbons (Fsp3) is 0. The summed E-state index contributed by atoms with van der Waals surface area (Å²) < 4.78 is 0. The number of hydrogen-bond acceptors (Lipinski definition) is 4. The van der Waals surface area contributed by atoms with Crippen molar-refractivity contribution in [2.45, 2.75) is 0 Å². The molecule has 0 radical (unpaired) electrons. The quantitative estimate of drug-likeness (QED) is 0.217. The molecule has 0 aliphatic rings. The van der Waals surface area contributed by atoms with E-state index in [1.165, 1.54) is 0 Å². The van der Waals surface area contributed by atoms with Crippen LogP contribution in [0.15, 0.2) is 0 Å². The molecule has 9 heavy (non-hydrogen) atoms. The summed E-state index contributed by atoms with van der Waals surface area (Å²) in [4.78, 5) is 16.7. The van der Waals surface area contributed by atoms with Crippen LogP contribution in [0.5, 0.6) is 0 Å². The van der Waals surface area contributed by atoms with E-state index in [0.29, 0.717) is 0 Å². The van der Waals surface area contributed by atoms with Crippen molar-refractivity contribution < 1.29 is 73.4 Å². The van der Waals surface area contributed by atoms with Crippen molar-refractivity contribution >= 4 is 0 Å². The Morgan fingerprint density at radius 1 is 1.11 bits per heavy atom. The van der Waals surface area contributed by atoms with Gasteiger partial charge in [-0.1, -0.05) is 0 Å². The van der Waals surface area contributed by atoms with E-state index in [0.717, 1.165) is 0 Å². The Hall–Kier alpha value is 0.0364. The van der Waals surface area contributed by atoms with Crippen LogP contribution in [-0.4, -0.2) is 20.6 Å². The van der Waals surface area contributed by atoms with E-state index in [4.69, 9.17) is 30.6 Å². The molecule has 0 saturated carbocycles. The van der Waals surface area contributed by atoms with Gasteiger partial charge in [0, 0.05) is 0 Å². The molecule has 0 aliphatic carbocycles. The molecule has 0 rings (SSSR count). The predicted octanol–water partition coefficient (Wildman–Crippen LogP) is -3.58. The molecule has 0 aromatic carbocycles. The van der Waals surface area contributed by atoms with Gasteiger partial charge >= 0.3 is 51.4 Å². The Morgan fingerprint density at radius 3 is 1.11 bits per heavy atom. The molecule has 0 bridgehead atoms. The second kappa shape index (κ2) is 10.9. The first-order valence-electron chi connectivity index (χ1n) is 1.13. The predicted molar refractivity (Wildman–Crippen MR) is 18.7 cm³/mol. The van der Waals surface area contributed by atoms with E-state index >= 15 is 0 Å². The van der Waals surface area contributed by atoms with Gasteiger partial charge < -0.3 is 11.8 Å². The van der Waals surface area contributed by atoms with Gasteiger partial charge in [0.2, 0.25) is 0 Å². The first-order chi connectivity index (χ1) is 3.46. The molecule has 0 atom stereocenters. The van der Waals surface area contributed by atoms with E-state index in [-0.39, 0.29) is 52.8 Å². The Labute approximate surface area is 92.6 Å². The third kappa shape index (κ3) is 221000. The third-order valence-corrected chi connectivity index (χ3v) is 0. The smallest absolute Gasteiger partial charge is 1.00 e. The maximum Gasteiger partial charge on any atom is 1.00 e. The molecule has 0 unspecified atom stereocenters. The van der Waals surface area contributed by atoms with Crippen LogP contribution in [0, 0.1) is 20.2 Å². The molecule has 2 N–H and O–H groups in total. The second-order valence-corrected chi connectivity index (χ2v) is 0.476. The zero-order valence-corrected chi connectivity index (χ0v) is 7.54.